The van der Waals surface area contributed by atoms with Gasteiger partial charge in [-0.25, -0.2) is 9.46 Å². The molecule has 4 atom stereocenters. The first kappa shape index (κ1) is 26.3. The molecule has 1 aromatic heterocycles. The second-order valence-corrected chi connectivity index (χ2v) is 11.2. The van der Waals surface area contributed by atoms with Gasteiger partial charge in [0.1, 0.15) is 6.23 Å². The number of H-pyrrole nitrogens is 1. The van der Waals surface area contributed by atoms with Crippen molar-refractivity contribution in [2.24, 2.45) is 5.92 Å². The first-order valence-electron chi connectivity index (χ1n) is 11.0. The van der Waals surface area contributed by atoms with Gasteiger partial charge in [-0.05, 0) is 53.4 Å². The molecule has 0 bridgehead atoms. The van der Waals surface area contributed by atoms with Gasteiger partial charge in [0.2, 0.25) is 0 Å². The summed E-state index contributed by atoms with van der Waals surface area (Å²) >= 11 is 0. The monoisotopic (exact) mass is 466 g/mol. The van der Waals surface area contributed by atoms with Crippen LogP contribution < -0.4 is 11.2 Å². The number of nitriles is 1. The van der Waals surface area contributed by atoms with Crippen LogP contribution >= 0.6 is 7.52 Å². The maximum atomic E-state index is 13.8. The molecule has 9 nitrogen and oxygen atoms in total. The second-order valence-electron chi connectivity index (χ2n) is 8.76. The van der Waals surface area contributed by atoms with Crippen LogP contribution in [0.25, 0.3) is 0 Å². The van der Waals surface area contributed by atoms with Gasteiger partial charge in [0.05, 0.1) is 24.9 Å². The third-order valence-electron chi connectivity index (χ3n) is 5.64. The van der Waals surface area contributed by atoms with Crippen molar-refractivity contribution in [3.63, 3.8) is 0 Å². The van der Waals surface area contributed by atoms with E-state index in [9.17, 15) is 14.2 Å². The number of aromatic nitrogens is 2. The molecule has 0 saturated carbocycles. The molecule has 1 N–H and O–H groups in total. The standard InChI is InChI=1S/C22H35N4O5P/c1-7-9-18-12-20(25-13-17(6)21(27)24-22(25)28)31-19(18)14-30-32(29,11-8-10-23)26(15(2)3)16(4)5/h7,13,15-16,18-20H,1,8-9,11-12,14H2,2-6H3,(H,24,27,28)/t18-,19+,20+,32?/m0/s1. The second kappa shape index (κ2) is 11.2. The molecule has 2 heterocycles. The fourth-order valence-electron chi connectivity index (χ4n) is 4.32. The quantitative estimate of drug-likeness (QED) is 0.391. The first-order chi connectivity index (χ1) is 15.0. The molecule has 178 valence electrons. The highest BCUT2D eigenvalue weighted by atomic mass is 31.2. The van der Waals surface area contributed by atoms with Crippen LogP contribution in [0, 0.1) is 24.2 Å². The van der Waals surface area contributed by atoms with Gasteiger partial charge < -0.3 is 9.26 Å². The lowest BCUT2D eigenvalue weighted by Crippen LogP contribution is -2.37. The van der Waals surface area contributed by atoms with E-state index in [-0.39, 0.29) is 37.2 Å². The third kappa shape index (κ3) is 6.08. The molecular formula is C22H35N4O5P. The number of nitrogens with one attached hydrogen (secondary N) is 1. The summed E-state index contributed by atoms with van der Waals surface area (Å²) in [5.41, 5.74) is -0.540. The number of allylic oxidation sites excluding steroid dienone is 1. The molecule has 0 aromatic carbocycles. The van der Waals surface area contributed by atoms with E-state index < -0.39 is 31.1 Å². The molecule has 1 saturated heterocycles. The fourth-order valence-corrected chi connectivity index (χ4v) is 6.99. The Balaban J connectivity index is 2.26. The Morgan fingerprint density at radius 2 is 2.06 bits per heavy atom. The van der Waals surface area contributed by atoms with Crippen molar-refractivity contribution in [1.82, 2.24) is 14.2 Å². The van der Waals surface area contributed by atoms with E-state index in [2.05, 4.69) is 17.6 Å². The Morgan fingerprint density at radius 1 is 1.41 bits per heavy atom. The van der Waals surface area contributed by atoms with Gasteiger partial charge in [0, 0.05) is 30.3 Å². The van der Waals surface area contributed by atoms with Gasteiger partial charge in [-0.3, -0.25) is 18.9 Å². The summed E-state index contributed by atoms with van der Waals surface area (Å²) in [6.45, 7) is 13.3. The van der Waals surface area contributed by atoms with Gasteiger partial charge in [-0.2, -0.15) is 5.26 Å². The molecule has 1 aromatic rings. The number of aromatic amines is 1. The molecule has 1 aliphatic rings. The molecule has 0 aliphatic carbocycles. The number of nitrogens with zero attached hydrogens (tertiary/aromatic N) is 3. The molecule has 32 heavy (non-hydrogen) atoms. The predicted molar refractivity (Wildman–Crippen MR) is 124 cm³/mol. The third-order valence-corrected chi connectivity index (χ3v) is 8.61. The molecule has 10 heteroatoms. The summed E-state index contributed by atoms with van der Waals surface area (Å²) in [6, 6.07) is 2.02. The molecule has 0 radical (unpaired) electrons. The highest BCUT2D eigenvalue weighted by Crippen LogP contribution is 2.54. The van der Waals surface area contributed by atoms with Crippen LogP contribution in [0.3, 0.4) is 0 Å². The number of rotatable bonds is 11. The largest absolute Gasteiger partial charge is 0.352 e. The number of aryl methyl sites for hydroxylation is 1. The number of hydrogen-bond acceptors (Lipinski definition) is 6. The maximum Gasteiger partial charge on any atom is 0.330 e. The van der Waals surface area contributed by atoms with Crippen LogP contribution in [-0.4, -0.2) is 45.2 Å². The lowest BCUT2D eigenvalue weighted by atomic mass is 9.97. The highest BCUT2D eigenvalue weighted by molar-refractivity contribution is 7.56. The van der Waals surface area contributed by atoms with Crippen molar-refractivity contribution in [3.05, 3.63) is 45.3 Å². The van der Waals surface area contributed by atoms with Gasteiger partial charge in [0.25, 0.3) is 13.1 Å². The van der Waals surface area contributed by atoms with Crippen LogP contribution in [0.5, 0.6) is 0 Å². The van der Waals surface area contributed by atoms with Crippen molar-refractivity contribution in [2.75, 3.05) is 12.8 Å². The molecule has 1 unspecified atom stereocenters. The van der Waals surface area contributed by atoms with E-state index >= 15 is 0 Å². The van der Waals surface area contributed by atoms with E-state index in [0.717, 1.165) is 0 Å². The summed E-state index contributed by atoms with van der Waals surface area (Å²) in [7, 11) is -3.28. The van der Waals surface area contributed by atoms with E-state index in [1.165, 1.54) is 10.8 Å². The zero-order valence-electron chi connectivity index (χ0n) is 19.6. The number of hydrogen-bond donors (Lipinski definition) is 1. The van der Waals surface area contributed by atoms with E-state index in [0.29, 0.717) is 18.4 Å². The van der Waals surface area contributed by atoms with Crippen LogP contribution in [0.1, 0.15) is 58.7 Å². The normalized spacial score (nSPS) is 22.9. The highest BCUT2D eigenvalue weighted by Gasteiger charge is 2.40. The lowest BCUT2D eigenvalue weighted by molar-refractivity contribution is -0.0290. The average molecular weight is 467 g/mol. The predicted octanol–water partition coefficient (Wildman–Crippen LogP) is 3.57. The molecule has 0 amide bonds. The zero-order chi connectivity index (χ0) is 24.1. The Morgan fingerprint density at radius 3 is 2.62 bits per heavy atom. The topological polar surface area (TPSA) is 117 Å². The minimum absolute atomic E-state index is 0.00704. The van der Waals surface area contributed by atoms with Gasteiger partial charge >= 0.3 is 5.69 Å². The number of ether oxygens (including phenoxy) is 1. The SMILES string of the molecule is C=CC[C@H]1C[C@H](n2cc(C)c(=O)[nH]c2=O)O[C@@H]1COP(=O)(CCC#N)N(C(C)C)C(C)C. The summed E-state index contributed by atoms with van der Waals surface area (Å²) in [4.78, 5) is 26.3. The lowest BCUT2D eigenvalue weighted by Gasteiger charge is -2.37. The molecule has 0 spiro atoms. The van der Waals surface area contributed by atoms with Crippen molar-refractivity contribution in [2.45, 2.75) is 78.3 Å². The zero-order valence-corrected chi connectivity index (χ0v) is 20.5. The minimum atomic E-state index is -3.28. The van der Waals surface area contributed by atoms with Crippen molar-refractivity contribution < 1.29 is 13.8 Å². The van der Waals surface area contributed by atoms with Crippen molar-refractivity contribution in [3.8, 4) is 6.07 Å². The first-order valence-corrected chi connectivity index (χ1v) is 12.8. The maximum absolute atomic E-state index is 13.8. The van der Waals surface area contributed by atoms with E-state index in [1.54, 1.807) is 13.0 Å². The molecular weight excluding hydrogens is 431 g/mol. The average Bonchev–Trinajstić information content (AvgIpc) is 3.10. The van der Waals surface area contributed by atoms with Crippen LogP contribution in [-0.2, 0) is 13.8 Å². The van der Waals surface area contributed by atoms with Crippen LogP contribution in [0.4, 0.5) is 0 Å². The van der Waals surface area contributed by atoms with Gasteiger partial charge in [-0.15, -0.1) is 6.58 Å². The Bertz CT molecular complexity index is 985. The minimum Gasteiger partial charge on any atom is -0.352 e. The summed E-state index contributed by atoms with van der Waals surface area (Å²) in [6.07, 6.45) is 3.75. The van der Waals surface area contributed by atoms with Crippen molar-refractivity contribution >= 4 is 7.52 Å². The Hall–Kier alpha value is -1.98. The van der Waals surface area contributed by atoms with E-state index in [4.69, 9.17) is 14.5 Å². The summed E-state index contributed by atoms with van der Waals surface area (Å²) in [5.74, 6) is 0.00704. The van der Waals surface area contributed by atoms with Crippen LogP contribution in [0.2, 0.25) is 0 Å². The Labute approximate surface area is 189 Å². The van der Waals surface area contributed by atoms with Gasteiger partial charge in [0.15, 0.2) is 0 Å². The fraction of sp³-hybridized carbons (Fsp3) is 0.682. The summed E-state index contributed by atoms with van der Waals surface area (Å²) in [5, 5.41) is 9.07. The smallest absolute Gasteiger partial charge is 0.330 e. The Kier molecular flexibility index (Phi) is 9.23. The van der Waals surface area contributed by atoms with Crippen molar-refractivity contribution in [1.29, 1.82) is 5.26 Å². The molecule has 1 fully saturated rings. The van der Waals surface area contributed by atoms with Gasteiger partial charge in [-0.1, -0.05) is 6.08 Å². The van der Waals surface area contributed by atoms with Crippen LogP contribution in [0.15, 0.2) is 28.4 Å². The summed E-state index contributed by atoms with van der Waals surface area (Å²) < 4.78 is 29.3. The molecule has 1 aliphatic heterocycles. The molecule has 2 rings (SSSR count). The van der Waals surface area contributed by atoms with E-state index in [1.807, 2.05) is 32.4 Å².